The van der Waals surface area contributed by atoms with Crippen molar-refractivity contribution in [1.82, 2.24) is 4.98 Å². The highest BCUT2D eigenvalue weighted by Gasteiger charge is 2.25. The molecule has 206 valence electrons. The van der Waals surface area contributed by atoms with Crippen LogP contribution in [0.4, 0.5) is 0 Å². The van der Waals surface area contributed by atoms with Crippen LogP contribution >= 0.6 is 0 Å². The van der Waals surface area contributed by atoms with Gasteiger partial charge in [-0.1, -0.05) is 149 Å². The number of aromatic nitrogens is 2. The van der Waals surface area contributed by atoms with Gasteiger partial charge in [0.25, 0.3) is 5.82 Å². The Hall–Kier alpha value is -0.790. The normalized spacial score (nSPS) is 13.4. The molecule has 1 aromatic rings. The molecule has 0 saturated heterocycles. The average Bonchev–Trinajstić information content (AvgIpc) is 3.35. The predicted octanol–water partition coefficient (Wildman–Crippen LogP) is 11.4. The topological polar surface area (TPSA) is 19.7 Å². The smallest absolute Gasteiger partial charge is 0.247 e. The van der Waals surface area contributed by atoms with Crippen LogP contribution in [0, 0.1) is 0 Å². The highest BCUT2D eigenvalue weighted by atomic mass is 15.1. The molecule has 0 fully saturated rings. The first-order chi connectivity index (χ1) is 17.2. The molecule has 2 nitrogen and oxygen atoms in total. The molecule has 0 bridgehead atoms. The molecule has 1 N–H and O–H groups in total. The third kappa shape index (κ3) is 16.6. The zero-order chi connectivity index (χ0) is 25.4. The number of aromatic amines is 1. The SMILES string of the molecule is CCCCCCCCCCCCCCC(CCCCC)c1[nH]cc[n+]1C(C)CCCCCCCC. The number of H-pyrrole nitrogens is 1. The molecular formula is C33H65N2+. The lowest BCUT2D eigenvalue weighted by Crippen LogP contribution is -2.41. The molecular weight excluding hydrogens is 424 g/mol. The standard InChI is InChI=1S/C33H64N2/c1-5-8-11-13-15-16-17-18-19-20-22-25-28-32(27-23-10-7-3)33-34-29-30-35(33)31(4)26-24-21-14-12-9-6-2/h29-32H,5-28H2,1-4H3/p+1. The number of hydrogen-bond acceptors (Lipinski definition) is 0. The van der Waals surface area contributed by atoms with Gasteiger partial charge in [0.1, 0.15) is 12.4 Å². The Morgan fingerprint density at radius 2 is 0.914 bits per heavy atom. The van der Waals surface area contributed by atoms with Crippen molar-refractivity contribution in [3.8, 4) is 0 Å². The number of nitrogens with zero attached hydrogens (tertiary/aromatic N) is 1. The predicted molar refractivity (Wildman–Crippen MR) is 156 cm³/mol. The fourth-order valence-electron chi connectivity index (χ4n) is 5.72. The molecule has 2 atom stereocenters. The summed E-state index contributed by atoms with van der Waals surface area (Å²) >= 11 is 0. The number of rotatable bonds is 26. The lowest BCUT2D eigenvalue weighted by molar-refractivity contribution is -0.727. The summed E-state index contributed by atoms with van der Waals surface area (Å²) in [7, 11) is 0. The van der Waals surface area contributed by atoms with Gasteiger partial charge < -0.3 is 0 Å². The highest BCUT2D eigenvalue weighted by Crippen LogP contribution is 2.27. The summed E-state index contributed by atoms with van der Waals surface area (Å²) in [5, 5.41) is 0. The van der Waals surface area contributed by atoms with Gasteiger partial charge >= 0.3 is 0 Å². The van der Waals surface area contributed by atoms with E-state index in [0.29, 0.717) is 12.0 Å². The van der Waals surface area contributed by atoms with E-state index < -0.39 is 0 Å². The van der Waals surface area contributed by atoms with E-state index in [4.69, 9.17) is 0 Å². The van der Waals surface area contributed by atoms with Gasteiger partial charge in [-0.25, -0.2) is 9.55 Å². The monoisotopic (exact) mass is 490 g/mol. The second-order valence-electron chi connectivity index (χ2n) is 11.5. The Kier molecular flexibility index (Phi) is 21.7. The van der Waals surface area contributed by atoms with Crippen molar-refractivity contribution < 1.29 is 4.57 Å². The summed E-state index contributed by atoms with van der Waals surface area (Å²) in [6.45, 7) is 9.38. The maximum absolute atomic E-state index is 3.69. The fourth-order valence-corrected chi connectivity index (χ4v) is 5.72. The molecule has 0 spiro atoms. The zero-order valence-electron chi connectivity index (χ0n) is 24.7. The van der Waals surface area contributed by atoms with Gasteiger partial charge in [-0.3, -0.25) is 0 Å². The summed E-state index contributed by atoms with van der Waals surface area (Å²) in [6.07, 6.45) is 38.3. The van der Waals surface area contributed by atoms with Gasteiger partial charge in [0.2, 0.25) is 0 Å². The van der Waals surface area contributed by atoms with Crippen LogP contribution in [0.25, 0.3) is 0 Å². The second kappa shape index (κ2) is 23.6. The summed E-state index contributed by atoms with van der Waals surface area (Å²) in [5.41, 5.74) is 0. The van der Waals surface area contributed by atoms with Crippen molar-refractivity contribution in [3.63, 3.8) is 0 Å². The maximum atomic E-state index is 3.69. The largest absolute Gasteiger partial charge is 0.257 e. The van der Waals surface area contributed by atoms with Crippen LogP contribution < -0.4 is 4.57 Å². The van der Waals surface area contributed by atoms with E-state index in [2.05, 4.69) is 49.6 Å². The van der Waals surface area contributed by atoms with E-state index in [9.17, 15) is 0 Å². The summed E-state index contributed by atoms with van der Waals surface area (Å²) in [5.74, 6) is 2.23. The molecule has 0 aliphatic rings. The van der Waals surface area contributed by atoms with Gasteiger partial charge in [0.05, 0.1) is 12.0 Å². The maximum Gasteiger partial charge on any atom is 0.257 e. The molecule has 1 heterocycles. The number of hydrogen-bond donors (Lipinski definition) is 1. The molecule has 0 aromatic carbocycles. The van der Waals surface area contributed by atoms with Crippen molar-refractivity contribution in [2.75, 3.05) is 0 Å². The second-order valence-corrected chi connectivity index (χ2v) is 11.5. The van der Waals surface area contributed by atoms with Gasteiger partial charge in [-0.05, 0) is 32.6 Å². The number of unbranched alkanes of at least 4 members (excludes halogenated alkanes) is 18. The van der Waals surface area contributed by atoms with Crippen LogP contribution in [-0.2, 0) is 0 Å². The third-order valence-electron chi connectivity index (χ3n) is 8.14. The molecule has 0 saturated carbocycles. The molecule has 2 heteroatoms. The van der Waals surface area contributed by atoms with E-state index in [1.54, 1.807) is 0 Å². The van der Waals surface area contributed by atoms with E-state index in [1.807, 2.05) is 0 Å². The van der Waals surface area contributed by atoms with Crippen molar-refractivity contribution in [2.45, 2.75) is 194 Å². The van der Waals surface area contributed by atoms with E-state index >= 15 is 0 Å². The molecule has 0 radical (unpaired) electrons. The van der Waals surface area contributed by atoms with Gasteiger partial charge in [0, 0.05) is 0 Å². The van der Waals surface area contributed by atoms with E-state index in [-0.39, 0.29) is 0 Å². The Balaban J connectivity index is 2.34. The molecule has 1 rings (SSSR count). The first-order valence-electron chi connectivity index (χ1n) is 16.3. The molecule has 1 aromatic heterocycles. The van der Waals surface area contributed by atoms with Crippen LogP contribution in [-0.4, -0.2) is 4.98 Å². The van der Waals surface area contributed by atoms with Gasteiger partial charge in [0.15, 0.2) is 0 Å². The van der Waals surface area contributed by atoms with Crippen LogP contribution in [0.1, 0.15) is 200 Å². The molecule has 2 unspecified atom stereocenters. The van der Waals surface area contributed by atoms with Crippen molar-refractivity contribution in [1.29, 1.82) is 0 Å². The minimum atomic E-state index is 0.623. The summed E-state index contributed by atoms with van der Waals surface area (Å²) in [6, 6.07) is 0.623. The molecule has 35 heavy (non-hydrogen) atoms. The molecule has 0 aliphatic carbocycles. The Bertz CT molecular complexity index is 549. The summed E-state index contributed by atoms with van der Waals surface area (Å²) < 4.78 is 2.60. The van der Waals surface area contributed by atoms with Crippen LogP contribution in [0.3, 0.4) is 0 Å². The number of imidazole rings is 1. The fraction of sp³-hybridized carbons (Fsp3) is 0.909. The summed E-state index contributed by atoms with van der Waals surface area (Å²) in [4.78, 5) is 3.69. The van der Waals surface area contributed by atoms with Crippen LogP contribution in [0.5, 0.6) is 0 Å². The van der Waals surface area contributed by atoms with Crippen LogP contribution in [0.2, 0.25) is 0 Å². The van der Waals surface area contributed by atoms with Crippen LogP contribution in [0.15, 0.2) is 12.4 Å². The Morgan fingerprint density at radius 1 is 0.543 bits per heavy atom. The van der Waals surface area contributed by atoms with E-state index in [0.717, 1.165) is 0 Å². The van der Waals surface area contributed by atoms with Crippen molar-refractivity contribution in [2.24, 2.45) is 0 Å². The highest BCUT2D eigenvalue weighted by molar-refractivity contribution is 4.90. The van der Waals surface area contributed by atoms with Gasteiger partial charge in [-0.15, -0.1) is 0 Å². The minimum Gasteiger partial charge on any atom is -0.247 e. The van der Waals surface area contributed by atoms with E-state index in [1.165, 1.54) is 160 Å². The minimum absolute atomic E-state index is 0.623. The molecule has 0 amide bonds. The van der Waals surface area contributed by atoms with Crippen molar-refractivity contribution in [3.05, 3.63) is 18.2 Å². The first-order valence-corrected chi connectivity index (χ1v) is 16.3. The first kappa shape index (κ1) is 32.2. The van der Waals surface area contributed by atoms with Crippen molar-refractivity contribution >= 4 is 0 Å². The lowest BCUT2D eigenvalue weighted by Gasteiger charge is -2.17. The lowest BCUT2D eigenvalue weighted by atomic mass is 9.93. The average molecular weight is 490 g/mol. The Labute approximate surface area is 221 Å². The Morgan fingerprint density at radius 3 is 1.40 bits per heavy atom. The third-order valence-corrected chi connectivity index (χ3v) is 8.14. The van der Waals surface area contributed by atoms with Gasteiger partial charge in [-0.2, -0.15) is 0 Å². The quantitative estimate of drug-likeness (QED) is 0.0985. The molecule has 0 aliphatic heterocycles. The zero-order valence-corrected chi connectivity index (χ0v) is 24.7. The number of nitrogens with one attached hydrogen (secondary N) is 1.